The highest BCUT2D eigenvalue weighted by atomic mass is 16.2. The molecule has 30 heavy (non-hydrogen) atoms. The molecule has 5 rings (SSSR count). The fraction of sp³-hybridized carbons (Fsp3) is 0.920. The summed E-state index contributed by atoms with van der Waals surface area (Å²) in [6, 6.07) is -0.416. The summed E-state index contributed by atoms with van der Waals surface area (Å²) in [6.07, 6.45) is 10.7. The van der Waals surface area contributed by atoms with Crippen LogP contribution in [0.5, 0.6) is 0 Å². The molecule has 2 N–H and O–H groups in total. The minimum absolute atomic E-state index is 0.00455. The second kappa shape index (κ2) is 9.18. The van der Waals surface area contributed by atoms with Gasteiger partial charge < -0.3 is 15.5 Å². The molecule has 4 bridgehead atoms. The van der Waals surface area contributed by atoms with Crippen molar-refractivity contribution in [3.63, 3.8) is 0 Å². The highest BCUT2D eigenvalue weighted by Crippen LogP contribution is 2.60. The zero-order valence-electron chi connectivity index (χ0n) is 19.4. The van der Waals surface area contributed by atoms with Gasteiger partial charge in [0.2, 0.25) is 11.8 Å². The number of nitrogens with one attached hydrogen (secondary N) is 2. The van der Waals surface area contributed by atoms with Crippen LogP contribution in [0, 0.1) is 35.0 Å². The average molecular weight is 418 g/mol. The lowest BCUT2D eigenvalue weighted by molar-refractivity contribution is -0.149. The first-order chi connectivity index (χ1) is 14.3. The SMILES string of the molecule is CC(C)[C@@H](NC(=O)C12CC3CC(CC(C3)C1)C2)C(=O)NCCCN1CCC[C@H](C)C1. The summed E-state index contributed by atoms with van der Waals surface area (Å²) in [5.41, 5.74) is -0.187. The van der Waals surface area contributed by atoms with Crippen molar-refractivity contribution in [2.24, 2.45) is 35.0 Å². The Morgan fingerprint density at radius 3 is 2.27 bits per heavy atom. The summed E-state index contributed by atoms with van der Waals surface area (Å²) < 4.78 is 0. The maximum Gasteiger partial charge on any atom is 0.242 e. The molecule has 5 heteroatoms. The monoisotopic (exact) mass is 417 g/mol. The van der Waals surface area contributed by atoms with Gasteiger partial charge in [0.15, 0.2) is 0 Å². The zero-order valence-corrected chi connectivity index (χ0v) is 19.4. The predicted octanol–water partition coefficient (Wildman–Crippen LogP) is 3.58. The molecule has 0 aromatic heterocycles. The highest BCUT2D eigenvalue weighted by molar-refractivity contribution is 5.90. The van der Waals surface area contributed by atoms with Crippen LogP contribution in [-0.2, 0) is 9.59 Å². The quantitative estimate of drug-likeness (QED) is 0.594. The average Bonchev–Trinajstić information content (AvgIpc) is 2.68. The van der Waals surface area contributed by atoms with Gasteiger partial charge >= 0.3 is 0 Å². The van der Waals surface area contributed by atoms with Crippen LogP contribution < -0.4 is 10.6 Å². The summed E-state index contributed by atoms with van der Waals surface area (Å²) >= 11 is 0. The van der Waals surface area contributed by atoms with Crippen LogP contribution in [0.25, 0.3) is 0 Å². The standard InChI is InChI=1S/C25H43N3O2/c1-17(2)22(23(29)26-7-5-9-28-8-4-6-18(3)16-28)27-24(30)25-13-19-10-20(14-25)12-21(11-19)15-25/h17-22H,4-16H2,1-3H3,(H,26,29)(H,27,30)/t18-,19?,20?,21?,22+,25?/m0/s1. The van der Waals surface area contributed by atoms with Crippen molar-refractivity contribution in [3.05, 3.63) is 0 Å². The van der Waals surface area contributed by atoms with Crippen molar-refractivity contribution < 1.29 is 9.59 Å². The number of piperidine rings is 1. The summed E-state index contributed by atoms with van der Waals surface area (Å²) in [5.74, 6) is 3.28. The lowest BCUT2D eigenvalue weighted by atomic mass is 9.49. The number of hydrogen-bond acceptors (Lipinski definition) is 3. The molecule has 4 saturated carbocycles. The largest absolute Gasteiger partial charge is 0.354 e. The Balaban J connectivity index is 1.26. The molecule has 0 aromatic rings. The molecule has 2 atom stereocenters. The number of hydrogen-bond donors (Lipinski definition) is 2. The number of nitrogens with zero attached hydrogens (tertiary/aromatic N) is 1. The van der Waals surface area contributed by atoms with Gasteiger partial charge in [-0.25, -0.2) is 0 Å². The first-order valence-electron chi connectivity index (χ1n) is 12.7. The van der Waals surface area contributed by atoms with Crippen molar-refractivity contribution in [1.29, 1.82) is 0 Å². The molecule has 2 amide bonds. The summed E-state index contributed by atoms with van der Waals surface area (Å²) in [7, 11) is 0. The molecule has 170 valence electrons. The second-order valence-corrected chi connectivity index (χ2v) is 11.6. The summed E-state index contributed by atoms with van der Waals surface area (Å²) in [6.45, 7) is 10.5. The van der Waals surface area contributed by atoms with Gasteiger partial charge in [-0.2, -0.15) is 0 Å². The van der Waals surface area contributed by atoms with Gasteiger partial charge in [0.1, 0.15) is 6.04 Å². The van der Waals surface area contributed by atoms with Crippen molar-refractivity contribution in [1.82, 2.24) is 15.5 Å². The highest BCUT2D eigenvalue weighted by Gasteiger charge is 2.55. The lowest BCUT2D eigenvalue weighted by Crippen LogP contribution is -2.58. The fourth-order valence-electron chi connectivity index (χ4n) is 7.33. The Morgan fingerprint density at radius 2 is 1.70 bits per heavy atom. The Morgan fingerprint density at radius 1 is 1.07 bits per heavy atom. The van der Waals surface area contributed by atoms with E-state index in [4.69, 9.17) is 0 Å². The van der Waals surface area contributed by atoms with Crippen LogP contribution in [-0.4, -0.2) is 48.9 Å². The van der Waals surface area contributed by atoms with Gasteiger partial charge in [0.25, 0.3) is 0 Å². The van der Waals surface area contributed by atoms with E-state index in [-0.39, 0.29) is 23.1 Å². The van der Waals surface area contributed by atoms with Crippen LogP contribution in [0.3, 0.4) is 0 Å². The van der Waals surface area contributed by atoms with Crippen LogP contribution in [0.4, 0.5) is 0 Å². The van der Waals surface area contributed by atoms with Gasteiger partial charge in [-0.05, 0) is 100 Å². The molecule has 0 unspecified atom stereocenters. The van der Waals surface area contributed by atoms with Gasteiger partial charge in [0, 0.05) is 18.5 Å². The maximum absolute atomic E-state index is 13.4. The van der Waals surface area contributed by atoms with Crippen LogP contribution >= 0.6 is 0 Å². The molecule has 5 nitrogen and oxygen atoms in total. The fourth-order valence-corrected chi connectivity index (χ4v) is 7.33. The summed E-state index contributed by atoms with van der Waals surface area (Å²) in [5, 5.41) is 6.32. The molecule has 0 radical (unpaired) electrons. The zero-order chi connectivity index (χ0) is 21.3. The van der Waals surface area contributed by atoms with E-state index < -0.39 is 6.04 Å². The maximum atomic E-state index is 13.4. The Hall–Kier alpha value is -1.10. The molecular weight excluding hydrogens is 374 g/mol. The van der Waals surface area contributed by atoms with Crippen LogP contribution in [0.2, 0.25) is 0 Å². The third-order valence-corrected chi connectivity index (χ3v) is 8.45. The van der Waals surface area contributed by atoms with E-state index in [1.807, 2.05) is 13.8 Å². The van der Waals surface area contributed by atoms with E-state index in [2.05, 4.69) is 22.5 Å². The van der Waals surface area contributed by atoms with Crippen LogP contribution in [0.1, 0.15) is 78.6 Å². The molecule has 0 spiro atoms. The first-order valence-corrected chi connectivity index (χ1v) is 12.7. The number of amides is 2. The first kappa shape index (κ1) is 22.1. The van der Waals surface area contributed by atoms with Crippen molar-refractivity contribution >= 4 is 11.8 Å². The molecule has 1 saturated heterocycles. The van der Waals surface area contributed by atoms with Crippen molar-refractivity contribution in [3.8, 4) is 0 Å². The minimum atomic E-state index is -0.416. The van der Waals surface area contributed by atoms with Gasteiger partial charge in [-0.1, -0.05) is 20.8 Å². The molecule has 0 aromatic carbocycles. The van der Waals surface area contributed by atoms with E-state index in [0.29, 0.717) is 6.54 Å². The second-order valence-electron chi connectivity index (χ2n) is 11.6. The predicted molar refractivity (Wildman–Crippen MR) is 120 cm³/mol. The number of rotatable bonds is 8. The number of carbonyl (C=O) groups is 2. The Bertz CT molecular complexity index is 597. The minimum Gasteiger partial charge on any atom is -0.354 e. The Kier molecular flexibility index (Phi) is 6.76. The third kappa shape index (κ3) is 4.87. The molecule has 5 fully saturated rings. The smallest absolute Gasteiger partial charge is 0.242 e. The summed E-state index contributed by atoms with van der Waals surface area (Å²) in [4.78, 5) is 28.8. The Labute approximate surface area is 183 Å². The molecular formula is C25H43N3O2. The molecule has 1 heterocycles. The van der Waals surface area contributed by atoms with Gasteiger partial charge in [-0.15, -0.1) is 0 Å². The van der Waals surface area contributed by atoms with E-state index in [9.17, 15) is 9.59 Å². The normalized spacial score (nSPS) is 36.7. The molecule has 5 aliphatic rings. The van der Waals surface area contributed by atoms with Crippen LogP contribution in [0.15, 0.2) is 0 Å². The molecule has 1 aliphatic heterocycles. The van der Waals surface area contributed by atoms with E-state index in [0.717, 1.165) is 55.9 Å². The van der Waals surface area contributed by atoms with Gasteiger partial charge in [-0.3, -0.25) is 9.59 Å². The van der Waals surface area contributed by atoms with E-state index in [1.54, 1.807) is 0 Å². The number of likely N-dealkylation sites (tertiary alicyclic amines) is 1. The number of carbonyl (C=O) groups excluding carboxylic acids is 2. The molecule has 4 aliphatic carbocycles. The topological polar surface area (TPSA) is 61.4 Å². The lowest BCUT2D eigenvalue weighted by Gasteiger charge is -2.55. The third-order valence-electron chi connectivity index (χ3n) is 8.45. The van der Waals surface area contributed by atoms with Crippen molar-refractivity contribution in [2.45, 2.75) is 84.6 Å². The van der Waals surface area contributed by atoms with Crippen molar-refractivity contribution in [2.75, 3.05) is 26.2 Å². The van der Waals surface area contributed by atoms with Gasteiger partial charge in [0.05, 0.1) is 0 Å². The van der Waals surface area contributed by atoms with E-state index >= 15 is 0 Å². The van der Waals surface area contributed by atoms with E-state index in [1.165, 1.54) is 45.2 Å².